The fraction of sp³-hybridized carbons (Fsp3) is 0.333. The third-order valence-corrected chi connectivity index (χ3v) is 4.44. The first kappa shape index (κ1) is 18.8. The Morgan fingerprint density at radius 1 is 1.15 bits per heavy atom. The number of fused-ring (bicyclic) bond motifs is 1. The maximum atomic E-state index is 12.1. The van der Waals surface area contributed by atoms with Gasteiger partial charge in [0.1, 0.15) is 5.76 Å². The van der Waals surface area contributed by atoms with Crippen molar-refractivity contribution in [2.24, 2.45) is 0 Å². The van der Waals surface area contributed by atoms with Crippen molar-refractivity contribution in [1.29, 1.82) is 0 Å². The number of nitrogens with one attached hydrogen (secondary N) is 1. The molecule has 142 valence electrons. The Bertz CT molecular complexity index is 939. The quantitative estimate of drug-likeness (QED) is 0.466. The molecule has 3 aromatic rings. The highest BCUT2D eigenvalue weighted by Gasteiger charge is 2.12. The molecule has 0 bridgehead atoms. The molecular formula is C21H24N2O4. The van der Waals surface area contributed by atoms with E-state index >= 15 is 0 Å². The number of anilines is 1. The average molecular weight is 368 g/mol. The zero-order chi connectivity index (χ0) is 19.2. The minimum absolute atomic E-state index is 0.0367. The number of methoxy groups -OCH3 is 1. The van der Waals surface area contributed by atoms with Crippen molar-refractivity contribution < 1.29 is 18.7 Å². The summed E-state index contributed by atoms with van der Waals surface area (Å²) in [6.45, 7) is 2.60. The second-order valence-electron chi connectivity index (χ2n) is 6.48. The fourth-order valence-electron chi connectivity index (χ4n) is 3.00. The second-order valence-corrected chi connectivity index (χ2v) is 6.48. The van der Waals surface area contributed by atoms with E-state index in [-0.39, 0.29) is 11.7 Å². The van der Waals surface area contributed by atoms with Crippen molar-refractivity contribution in [2.75, 3.05) is 12.4 Å². The molecular weight excluding hydrogens is 344 g/mol. The summed E-state index contributed by atoms with van der Waals surface area (Å²) in [6.07, 6.45) is 5.55. The number of amides is 1. The number of esters is 1. The Balaban J connectivity index is 1.74. The van der Waals surface area contributed by atoms with Crippen LogP contribution in [-0.4, -0.2) is 23.6 Å². The summed E-state index contributed by atoms with van der Waals surface area (Å²) in [7, 11) is 1.32. The SMILES string of the molecule is CCCCCC(=O)Nc1ccc2ccn(Cc3ccc(C(=O)OC)o3)c2c1. The lowest BCUT2D eigenvalue weighted by Gasteiger charge is -2.08. The molecule has 2 aromatic heterocycles. The molecule has 1 amide bonds. The monoisotopic (exact) mass is 368 g/mol. The average Bonchev–Trinajstić information content (AvgIpc) is 3.29. The maximum Gasteiger partial charge on any atom is 0.373 e. The molecule has 3 rings (SSSR count). The van der Waals surface area contributed by atoms with Crippen molar-refractivity contribution in [2.45, 2.75) is 39.2 Å². The topological polar surface area (TPSA) is 73.5 Å². The van der Waals surface area contributed by atoms with Crippen molar-refractivity contribution in [3.05, 3.63) is 54.1 Å². The lowest BCUT2D eigenvalue weighted by molar-refractivity contribution is -0.116. The van der Waals surface area contributed by atoms with E-state index in [0.29, 0.717) is 18.7 Å². The van der Waals surface area contributed by atoms with Crippen molar-refractivity contribution >= 4 is 28.5 Å². The van der Waals surface area contributed by atoms with Gasteiger partial charge in [-0.05, 0) is 42.1 Å². The molecule has 0 aliphatic rings. The van der Waals surface area contributed by atoms with E-state index < -0.39 is 5.97 Å². The Hall–Kier alpha value is -3.02. The summed E-state index contributed by atoms with van der Waals surface area (Å²) in [4.78, 5) is 23.6. The lowest BCUT2D eigenvalue weighted by atomic mass is 10.2. The summed E-state index contributed by atoms with van der Waals surface area (Å²) in [5, 5.41) is 4.03. The maximum absolute atomic E-state index is 12.1. The van der Waals surface area contributed by atoms with Gasteiger partial charge in [0.25, 0.3) is 0 Å². The molecule has 0 aliphatic heterocycles. The number of ether oxygens (including phenoxy) is 1. The molecule has 0 atom stereocenters. The van der Waals surface area contributed by atoms with Gasteiger partial charge >= 0.3 is 5.97 Å². The van der Waals surface area contributed by atoms with Crippen LogP contribution in [0.15, 0.2) is 47.0 Å². The van der Waals surface area contributed by atoms with Crippen LogP contribution in [-0.2, 0) is 16.1 Å². The van der Waals surface area contributed by atoms with Crippen molar-refractivity contribution in [3.63, 3.8) is 0 Å². The first-order valence-electron chi connectivity index (χ1n) is 9.16. The largest absolute Gasteiger partial charge is 0.463 e. The Morgan fingerprint density at radius 2 is 2.00 bits per heavy atom. The van der Waals surface area contributed by atoms with Gasteiger partial charge in [-0.15, -0.1) is 0 Å². The van der Waals surface area contributed by atoms with Gasteiger partial charge in [0.05, 0.1) is 19.2 Å². The number of furan rings is 1. The normalized spacial score (nSPS) is 10.9. The molecule has 0 aliphatic carbocycles. The first-order valence-corrected chi connectivity index (χ1v) is 9.16. The van der Waals surface area contributed by atoms with Crippen LogP contribution in [0.1, 0.15) is 48.9 Å². The smallest absolute Gasteiger partial charge is 0.373 e. The summed E-state index contributed by atoms with van der Waals surface area (Å²) >= 11 is 0. The molecule has 0 saturated heterocycles. The van der Waals surface area contributed by atoms with E-state index in [2.05, 4.69) is 17.0 Å². The minimum atomic E-state index is -0.494. The van der Waals surface area contributed by atoms with Crippen LogP contribution in [0, 0.1) is 0 Å². The van der Waals surface area contributed by atoms with E-state index in [1.807, 2.05) is 35.0 Å². The van der Waals surface area contributed by atoms with Crippen LogP contribution < -0.4 is 5.32 Å². The number of unbranched alkanes of at least 4 members (excludes halogenated alkanes) is 2. The highest BCUT2D eigenvalue weighted by Crippen LogP contribution is 2.22. The zero-order valence-corrected chi connectivity index (χ0v) is 15.7. The van der Waals surface area contributed by atoms with E-state index in [0.717, 1.165) is 35.9 Å². The molecule has 0 saturated carbocycles. The van der Waals surface area contributed by atoms with Crippen LogP contribution in [0.5, 0.6) is 0 Å². The Morgan fingerprint density at radius 3 is 2.78 bits per heavy atom. The zero-order valence-electron chi connectivity index (χ0n) is 15.7. The van der Waals surface area contributed by atoms with Crippen LogP contribution in [0.25, 0.3) is 10.9 Å². The van der Waals surface area contributed by atoms with Gasteiger partial charge in [0.15, 0.2) is 0 Å². The molecule has 0 unspecified atom stereocenters. The number of benzene rings is 1. The molecule has 0 radical (unpaired) electrons. The molecule has 1 aromatic carbocycles. The molecule has 2 heterocycles. The number of rotatable bonds is 8. The number of nitrogens with zero attached hydrogens (tertiary/aromatic N) is 1. The Labute approximate surface area is 158 Å². The summed E-state index contributed by atoms with van der Waals surface area (Å²) in [5.41, 5.74) is 1.76. The van der Waals surface area contributed by atoms with E-state index in [1.165, 1.54) is 7.11 Å². The van der Waals surface area contributed by atoms with Gasteiger partial charge in [0, 0.05) is 18.3 Å². The van der Waals surface area contributed by atoms with Gasteiger partial charge in [-0.25, -0.2) is 4.79 Å². The standard InChI is InChI=1S/C21H24N2O4/c1-3-4-5-6-20(24)22-16-8-7-15-11-12-23(18(15)13-16)14-17-9-10-19(27-17)21(25)26-2/h7-13H,3-6,14H2,1-2H3,(H,22,24). The molecule has 0 fully saturated rings. The molecule has 1 N–H and O–H groups in total. The number of aromatic nitrogens is 1. The summed E-state index contributed by atoms with van der Waals surface area (Å²) in [6, 6.07) is 11.2. The third-order valence-electron chi connectivity index (χ3n) is 4.44. The van der Waals surface area contributed by atoms with Gasteiger partial charge in [0.2, 0.25) is 11.7 Å². The minimum Gasteiger partial charge on any atom is -0.463 e. The van der Waals surface area contributed by atoms with Crippen molar-refractivity contribution in [1.82, 2.24) is 4.57 Å². The number of hydrogen-bond donors (Lipinski definition) is 1. The van der Waals surface area contributed by atoms with Gasteiger partial charge in [-0.1, -0.05) is 25.8 Å². The van der Waals surface area contributed by atoms with E-state index in [1.54, 1.807) is 12.1 Å². The number of carbonyl (C=O) groups excluding carboxylic acids is 2. The van der Waals surface area contributed by atoms with Gasteiger partial charge in [-0.2, -0.15) is 0 Å². The van der Waals surface area contributed by atoms with Crippen LogP contribution in [0.3, 0.4) is 0 Å². The fourth-order valence-corrected chi connectivity index (χ4v) is 3.00. The summed E-state index contributed by atoms with van der Waals surface area (Å²) in [5.74, 6) is 0.382. The lowest BCUT2D eigenvalue weighted by Crippen LogP contribution is -2.11. The first-order chi connectivity index (χ1) is 13.1. The third kappa shape index (κ3) is 4.58. The van der Waals surface area contributed by atoms with Crippen LogP contribution in [0.4, 0.5) is 5.69 Å². The molecule has 0 spiro atoms. The van der Waals surface area contributed by atoms with Gasteiger partial charge in [-0.3, -0.25) is 4.79 Å². The molecule has 6 nitrogen and oxygen atoms in total. The summed E-state index contributed by atoms with van der Waals surface area (Å²) < 4.78 is 12.2. The number of hydrogen-bond acceptors (Lipinski definition) is 4. The van der Waals surface area contributed by atoms with E-state index in [9.17, 15) is 9.59 Å². The van der Waals surface area contributed by atoms with Gasteiger partial charge < -0.3 is 19.0 Å². The van der Waals surface area contributed by atoms with Crippen molar-refractivity contribution in [3.8, 4) is 0 Å². The predicted molar refractivity (Wildman–Crippen MR) is 104 cm³/mol. The highest BCUT2D eigenvalue weighted by atomic mass is 16.5. The second kappa shape index (κ2) is 8.58. The van der Waals surface area contributed by atoms with Crippen LogP contribution >= 0.6 is 0 Å². The predicted octanol–water partition coefficient (Wildman–Crippen LogP) is 4.59. The Kier molecular flexibility index (Phi) is 5.96. The number of carbonyl (C=O) groups is 2. The highest BCUT2D eigenvalue weighted by molar-refractivity contribution is 5.93. The molecule has 27 heavy (non-hydrogen) atoms. The van der Waals surface area contributed by atoms with E-state index in [4.69, 9.17) is 4.42 Å². The molecule has 6 heteroatoms. The van der Waals surface area contributed by atoms with Crippen LogP contribution in [0.2, 0.25) is 0 Å².